The Balaban J connectivity index is 2.21. The average Bonchev–Trinajstić information content (AvgIpc) is 2.77. The molecule has 0 bridgehead atoms. The molecule has 2 atom stereocenters. The third-order valence-electron chi connectivity index (χ3n) is 3.26. The summed E-state index contributed by atoms with van der Waals surface area (Å²) in [7, 11) is 0. The summed E-state index contributed by atoms with van der Waals surface area (Å²) in [5.74, 6) is -1.44. The summed E-state index contributed by atoms with van der Waals surface area (Å²) in [6.07, 6.45) is 2.48. The molecule has 7 heteroatoms. The molecule has 2 unspecified atom stereocenters. The van der Waals surface area contributed by atoms with E-state index in [0.717, 1.165) is 12.8 Å². The SMILES string of the molecule is CCNC(=O)NC(=O)CNCC1CCCC1C(=O)O. The molecule has 1 aliphatic rings. The number of carbonyl (C=O) groups is 3. The van der Waals surface area contributed by atoms with Crippen LogP contribution in [0, 0.1) is 11.8 Å². The molecule has 1 aliphatic carbocycles. The number of carboxylic acid groups (broad SMARTS) is 1. The molecule has 0 aromatic rings. The number of imide groups is 1. The molecule has 0 spiro atoms. The standard InChI is InChI=1S/C12H21N3O4/c1-2-14-12(19)15-10(16)7-13-6-8-4-3-5-9(8)11(17)18/h8-9,13H,2-7H2,1H3,(H,17,18)(H2,14,15,16,19). The Morgan fingerprint density at radius 2 is 2.00 bits per heavy atom. The van der Waals surface area contributed by atoms with E-state index in [2.05, 4.69) is 16.0 Å². The second kappa shape index (κ2) is 7.73. The first-order valence-electron chi connectivity index (χ1n) is 6.55. The molecule has 1 saturated carbocycles. The second-order valence-electron chi connectivity index (χ2n) is 4.67. The van der Waals surface area contributed by atoms with E-state index in [1.807, 2.05) is 0 Å². The van der Waals surface area contributed by atoms with Crippen LogP contribution in [0.3, 0.4) is 0 Å². The van der Waals surface area contributed by atoms with Gasteiger partial charge in [0.05, 0.1) is 12.5 Å². The molecule has 0 aliphatic heterocycles. The number of hydrogen-bond donors (Lipinski definition) is 4. The Kier molecular flexibility index (Phi) is 6.27. The molecule has 4 N–H and O–H groups in total. The van der Waals surface area contributed by atoms with Gasteiger partial charge in [-0.15, -0.1) is 0 Å². The summed E-state index contributed by atoms with van der Waals surface area (Å²) in [5.41, 5.74) is 0. The van der Waals surface area contributed by atoms with E-state index in [-0.39, 0.29) is 18.4 Å². The molecular formula is C12H21N3O4. The number of nitrogens with one attached hydrogen (secondary N) is 3. The zero-order chi connectivity index (χ0) is 14.3. The fourth-order valence-corrected chi connectivity index (χ4v) is 2.35. The molecule has 108 valence electrons. The molecule has 3 amide bonds. The minimum atomic E-state index is -0.768. The minimum Gasteiger partial charge on any atom is -0.481 e. The highest BCUT2D eigenvalue weighted by Gasteiger charge is 2.32. The maximum Gasteiger partial charge on any atom is 0.321 e. The highest BCUT2D eigenvalue weighted by atomic mass is 16.4. The first-order chi connectivity index (χ1) is 9.04. The number of urea groups is 1. The van der Waals surface area contributed by atoms with Gasteiger partial charge in [0.1, 0.15) is 0 Å². The third kappa shape index (κ3) is 5.25. The van der Waals surface area contributed by atoms with E-state index in [1.54, 1.807) is 6.92 Å². The first kappa shape index (κ1) is 15.4. The maximum atomic E-state index is 11.4. The largest absolute Gasteiger partial charge is 0.481 e. The van der Waals surface area contributed by atoms with Crippen LogP contribution < -0.4 is 16.0 Å². The Morgan fingerprint density at radius 3 is 2.63 bits per heavy atom. The highest BCUT2D eigenvalue weighted by molar-refractivity contribution is 5.95. The van der Waals surface area contributed by atoms with Crippen molar-refractivity contribution in [1.29, 1.82) is 0 Å². The van der Waals surface area contributed by atoms with Crippen LogP contribution >= 0.6 is 0 Å². The van der Waals surface area contributed by atoms with Gasteiger partial charge in [0.25, 0.3) is 0 Å². The zero-order valence-corrected chi connectivity index (χ0v) is 11.1. The van der Waals surface area contributed by atoms with Crippen molar-refractivity contribution in [1.82, 2.24) is 16.0 Å². The number of rotatable bonds is 6. The summed E-state index contributed by atoms with van der Waals surface area (Å²) >= 11 is 0. The van der Waals surface area contributed by atoms with E-state index < -0.39 is 17.9 Å². The van der Waals surface area contributed by atoms with Crippen molar-refractivity contribution in [3.05, 3.63) is 0 Å². The maximum absolute atomic E-state index is 11.4. The highest BCUT2D eigenvalue weighted by Crippen LogP contribution is 2.31. The van der Waals surface area contributed by atoms with Crippen molar-refractivity contribution in [2.75, 3.05) is 19.6 Å². The van der Waals surface area contributed by atoms with Gasteiger partial charge in [-0.1, -0.05) is 6.42 Å². The summed E-state index contributed by atoms with van der Waals surface area (Å²) in [6, 6.07) is -0.515. The van der Waals surface area contributed by atoms with Crippen LogP contribution in [0.15, 0.2) is 0 Å². The van der Waals surface area contributed by atoms with E-state index in [4.69, 9.17) is 5.11 Å². The number of hydrogen-bond acceptors (Lipinski definition) is 4. The van der Waals surface area contributed by atoms with Gasteiger partial charge in [0.15, 0.2) is 0 Å². The Bertz CT molecular complexity index is 346. The lowest BCUT2D eigenvalue weighted by atomic mass is 9.96. The monoisotopic (exact) mass is 271 g/mol. The molecule has 0 saturated heterocycles. The van der Waals surface area contributed by atoms with E-state index in [9.17, 15) is 14.4 Å². The van der Waals surface area contributed by atoms with Gasteiger partial charge in [-0.25, -0.2) is 4.79 Å². The summed E-state index contributed by atoms with van der Waals surface area (Å²) in [4.78, 5) is 33.4. The lowest BCUT2D eigenvalue weighted by molar-refractivity contribution is -0.142. The van der Waals surface area contributed by atoms with Gasteiger partial charge in [0.2, 0.25) is 5.91 Å². The number of carboxylic acids is 1. The smallest absolute Gasteiger partial charge is 0.321 e. The fourth-order valence-electron chi connectivity index (χ4n) is 2.35. The van der Waals surface area contributed by atoms with Gasteiger partial charge < -0.3 is 15.7 Å². The van der Waals surface area contributed by atoms with Crippen LogP contribution in [-0.4, -0.2) is 42.6 Å². The van der Waals surface area contributed by atoms with Crippen LogP contribution in [0.2, 0.25) is 0 Å². The Labute approximate surface area is 112 Å². The quantitative estimate of drug-likeness (QED) is 0.540. The second-order valence-corrected chi connectivity index (χ2v) is 4.67. The average molecular weight is 271 g/mol. The van der Waals surface area contributed by atoms with Crippen LogP contribution in [0.5, 0.6) is 0 Å². The third-order valence-corrected chi connectivity index (χ3v) is 3.26. The fraction of sp³-hybridized carbons (Fsp3) is 0.750. The summed E-state index contributed by atoms with van der Waals surface area (Å²) in [6.45, 7) is 2.71. The zero-order valence-electron chi connectivity index (χ0n) is 11.1. The molecule has 1 rings (SSSR count). The molecule has 0 heterocycles. The lowest BCUT2D eigenvalue weighted by Gasteiger charge is -2.16. The number of amides is 3. The first-order valence-corrected chi connectivity index (χ1v) is 6.55. The van der Waals surface area contributed by atoms with Crippen LogP contribution in [0.4, 0.5) is 4.79 Å². The predicted molar refractivity (Wildman–Crippen MR) is 68.6 cm³/mol. The van der Waals surface area contributed by atoms with Crippen molar-refractivity contribution >= 4 is 17.9 Å². The molecule has 1 fully saturated rings. The van der Waals surface area contributed by atoms with Gasteiger partial charge in [-0.05, 0) is 32.2 Å². The van der Waals surface area contributed by atoms with E-state index in [0.29, 0.717) is 19.5 Å². The van der Waals surface area contributed by atoms with Crippen molar-refractivity contribution in [3.63, 3.8) is 0 Å². The van der Waals surface area contributed by atoms with Crippen molar-refractivity contribution in [3.8, 4) is 0 Å². The van der Waals surface area contributed by atoms with Gasteiger partial charge in [-0.3, -0.25) is 14.9 Å². The molecule has 19 heavy (non-hydrogen) atoms. The minimum absolute atomic E-state index is 0.0139. The number of carbonyl (C=O) groups excluding carboxylic acids is 2. The van der Waals surface area contributed by atoms with Crippen molar-refractivity contribution < 1.29 is 19.5 Å². The predicted octanol–water partition coefficient (Wildman–Crippen LogP) is -0.0774. The Hall–Kier alpha value is -1.63. The van der Waals surface area contributed by atoms with E-state index in [1.165, 1.54) is 0 Å². The summed E-state index contributed by atoms with van der Waals surface area (Å²) < 4.78 is 0. The van der Waals surface area contributed by atoms with Crippen molar-refractivity contribution in [2.45, 2.75) is 26.2 Å². The molecule has 0 radical (unpaired) electrons. The van der Waals surface area contributed by atoms with Gasteiger partial charge in [-0.2, -0.15) is 0 Å². The topological polar surface area (TPSA) is 108 Å². The van der Waals surface area contributed by atoms with Crippen molar-refractivity contribution in [2.24, 2.45) is 11.8 Å². The molecule has 7 nitrogen and oxygen atoms in total. The van der Waals surface area contributed by atoms with Gasteiger partial charge >= 0.3 is 12.0 Å². The lowest BCUT2D eigenvalue weighted by Crippen LogP contribution is -2.44. The summed E-state index contributed by atoms with van der Waals surface area (Å²) in [5, 5.41) is 16.5. The molecule has 0 aromatic carbocycles. The normalized spacial score (nSPS) is 21.9. The Morgan fingerprint density at radius 1 is 1.26 bits per heavy atom. The molecule has 0 aromatic heterocycles. The van der Waals surface area contributed by atoms with Crippen LogP contribution in [-0.2, 0) is 9.59 Å². The van der Waals surface area contributed by atoms with Crippen LogP contribution in [0.1, 0.15) is 26.2 Å². The van der Waals surface area contributed by atoms with Gasteiger partial charge in [0, 0.05) is 6.54 Å². The molecular weight excluding hydrogens is 250 g/mol. The number of aliphatic carboxylic acids is 1. The van der Waals surface area contributed by atoms with E-state index >= 15 is 0 Å². The van der Waals surface area contributed by atoms with Crippen LogP contribution in [0.25, 0.3) is 0 Å².